The summed E-state index contributed by atoms with van der Waals surface area (Å²) in [6, 6.07) is 3.35. The van der Waals surface area contributed by atoms with Gasteiger partial charge in [0.15, 0.2) is 0 Å². The second kappa shape index (κ2) is 4.70. The highest BCUT2D eigenvalue weighted by atomic mass is 19.1. The first-order chi connectivity index (χ1) is 7.66. The summed E-state index contributed by atoms with van der Waals surface area (Å²) in [5, 5.41) is 3.08. The van der Waals surface area contributed by atoms with E-state index in [1.54, 1.807) is 0 Å². The first-order valence-electron chi connectivity index (χ1n) is 5.34. The minimum atomic E-state index is -0.465. The molecule has 0 spiro atoms. The molecule has 0 aromatic heterocycles. The van der Waals surface area contributed by atoms with Gasteiger partial charge in [-0.2, -0.15) is 0 Å². The van der Waals surface area contributed by atoms with Crippen molar-refractivity contribution in [3.63, 3.8) is 0 Å². The van der Waals surface area contributed by atoms with E-state index in [0.29, 0.717) is 19.5 Å². The molecule has 1 aliphatic heterocycles. The summed E-state index contributed by atoms with van der Waals surface area (Å²) in [5.74, 6) is -1.01. The Hall–Kier alpha value is -1.29. The number of halogens is 2. The van der Waals surface area contributed by atoms with Gasteiger partial charge in [-0.15, -0.1) is 0 Å². The molecule has 0 bridgehead atoms. The van der Waals surface area contributed by atoms with Crippen LogP contribution in [0.3, 0.4) is 0 Å². The van der Waals surface area contributed by atoms with E-state index in [1.165, 1.54) is 0 Å². The molecule has 1 aromatic rings. The Morgan fingerprint density at radius 3 is 2.94 bits per heavy atom. The highest BCUT2D eigenvalue weighted by molar-refractivity contribution is 5.82. The number of rotatable bonds is 2. The molecule has 1 unspecified atom stereocenters. The van der Waals surface area contributed by atoms with Gasteiger partial charge in [0.2, 0.25) is 0 Å². The predicted octanol–water partition coefficient (Wildman–Crippen LogP) is 1.69. The monoisotopic (exact) mass is 225 g/mol. The fourth-order valence-electron chi connectivity index (χ4n) is 1.96. The third-order valence-electron chi connectivity index (χ3n) is 2.87. The number of benzene rings is 1. The molecule has 2 nitrogen and oxygen atoms in total. The molecule has 1 aromatic carbocycles. The van der Waals surface area contributed by atoms with Crippen molar-refractivity contribution in [1.29, 1.82) is 0 Å². The summed E-state index contributed by atoms with van der Waals surface area (Å²) in [7, 11) is 0. The molecule has 1 heterocycles. The number of hydrogen-bond donors (Lipinski definition) is 1. The lowest BCUT2D eigenvalue weighted by Crippen LogP contribution is -2.38. The Morgan fingerprint density at radius 1 is 1.38 bits per heavy atom. The summed E-state index contributed by atoms with van der Waals surface area (Å²) in [6.07, 6.45) is 0.747. The fourth-order valence-corrected chi connectivity index (χ4v) is 1.96. The van der Waals surface area contributed by atoms with E-state index < -0.39 is 11.6 Å². The van der Waals surface area contributed by atoms with Gasteiger partial charge in [0.1, 0.15) is 17.4 Å². The van der Waals surface area contributed by atoms with Crippen molar-refractivity contribution in [3.8, 4) is 0 Å². The van der Waals surface area contributed by atoms with Gasteiger partial charge in [-0.05, 0) is 30.2 Å². The van der Waals surface area contributed by atoms with Crippen LogP contribution in [0.4, 0.5) is 8.78 Å². The highest BCUT2D eigenvalue weighted by Gasteiger charge is 2.23. The predicted molar refractivity (Wildman–Crippen MR) is 56.0 cm³/mol. The molecular formula is C12H13F2NO. The Labute approximate surface area is 92.7 Å². The van der Waals surface area contributed by atoms with Crippen LogP contribution in [0, 0.1) is 17.6 Å². The summed E-state index contributed by atoms with van der Waals surface area (Å²) in [4.78, 5) is 11.5. The minimum absolute atomic E-state index is 0.127. The second-order valence-electron chi connectivity index (χ2n) is 4.06. The normalized spacial score (nSPS) is 21.1. The standard InChI is InChI=1S/C12H13F2NO/c13-10-1-2-11(14)8(6-10)5-9-7-15-4-3-12(9)16/h1-2,6,9,15H,3-5,7H2. The Balaban J connectivity index is 2.13. The van der Waals surface area contributed by atoms with Crippen LogP contribution in [-0.4, -0.2) is 18.9 Å². The maximum absolute atomic E-state index is 13.4. The lowest BCUT2D eigenvalue weighted by molar-refractivity contribution is -0.123. The van der Waals surface area contributed by atoms with Crippen molar-refractivity contribution in [2.75, 3.05) is 13.1 Å². The largest absolute Gasteiger partial charge is 0.316 e. The van der Waals surface area contributed by atoms with Gasteiger partial charge >= 0.3 is 0 Å². The van der Waals surface area contributed by atoms with Gasteiger partial charge < -0.3 is 5.32 Å². The van der Waals surface area contributed by atoms with Crippen molar-refractivity contribution in [3.05, 3.63) is 35.4 Å². The highest BCUT2D eigenvalue weighted by Crippen LogP contribution is 2.17. The third kappa shape index (κ3) is 2.44. The summed E-state index contributed by atoms with van der Waals surface area (Å²) >= 11 is 0. The first kappa shape index (κ1) is 11.2. The van der Waals surface area contributed by atoms with E-state index in [9.17, 15) is 13.6 Å². The average Bonchev–Trinajstić information content (AvgIpc) is 2.27. The maximum Gasteiger partial charge on any atom is 0.138 e. The van der Waals surface area contributed by atoms with Gasteiger partial charge in [-0.25, -0.2) is 8.78 Å². The maximum atomic E-state index is 13.4. The molecule has 2 rings (SSSR count). The summed E-state index contributed by atoms with van der Waals surface area (Å²) in [6.45, 7) is 1.23. The zero-order valence-corrected chi connectivity index (χ0v) is 8.80. The molecule has 86 valence electrons. The summed E-state index contributed by atoms with van der Waals surface area (Å²) in [5.41, 5.74) is 0.280. The number of ketones is 1. The lowest BCUT2D eigenvalue weighted by atomic mass is 9.91. The summed E-state index contributed by atoms with van der Waals surface area (Å²) < 4.78 is 26.3. The zero-order chi connectivity index (χ0) is 11.5. The van der Waals surface area contributed by atoms with Crippen LogP contribution in [0.2, 0.25) is 0 Å². The van der Waals surface area contributed by atoms with Crippen molar-refractivity contribution >= 4 is 5.78 Å². The van der Waals surface area contributed by atoms with Crippen LogP contribution in [0.15, 0.2) is 18.2 Å². The van der Waals surface area contributed by atoms with Crippen LogP contribution in [0.25, 0.3) is 0 Å². The van der Waals surface area contributed by atoms with Gasteiger partial charge in [0.25, 0.3) is 0 Å². The van der Waals surface area contributed by atoms with Crippen molar-refractivity contribution < 1.29 is 13.6 Å². The first-order valence-corrected chi connectivity index (χ1v) is 5.34. The van der Waals surface area contributed by atoms with E-state index >= 15 is 0 Å². The number of carbonyl (C=O) groups is 1. The van der Waals surface area contributed by atoms with E-state index in [4.69, 9.17) is 0 Å². The topological polar surface area (TPSA) is 29.1 Å². The van der Waals surface area contributed by atoms with Gasteiger partial charge in [-0.1, -0.05) is 0 Å². The zero-order valence-electron chi connectivity index (χ0n) is 8.80. The molecule has 1 saturated heterocycles. The van der Waals surface area contributed by atoms with Gasteiger partial charge in [-0.3, -0.25) is 4.79 Å². The minimum Gasteiger partial charge on any atom is -0.316 e. The van der Waals surface area contributed by atoms with Crippen molar-refractivity contribution in [2.24, 2.45) is 5.92 Å². The SMILES string of the molecule is O=C1CCNCC1Cc1cc(F)ccc1F. The second-order valence-corrected chi connectivity index (χ2v) is 4.06. The van der Waals surface area contributed by atoms with E-state index in [-0.39, 0.29) is 23.7 Å². The van der Waals surface area contributed by atoms with Crippen molar-refractivity contribution in [1.82, 2.24) is 5.32 Å². The smallest absolute Gasteiger partial charge is 0.138 e. The molecular weight excluding hydrogens is 212 g/mol. The number of nitrogens with one attached hydrogen (secondary N) is 1. The quantitative estimate of drug-likeness (QED) is 0.829. The Kier molecular flexibility index (Phi) is 3.29. The molecule has 1 N–H and O–H groups in total. The van der Waals surface area contributed by atoms with Gasteiger partial charge in [0.05, 0.1) is 0 Å². The Bertz CT molecular complexity index is 406. The van der Waals surface area contributed by atoms with Crippen LogP contribution in [-0.2, 0) is 11.2 Å². The molecule has 16 heavy (non-hydrogen) atoms. The average molecular weight is 225 g/mol. The molecule has 1 atom stereocenters. The number of carbonyl (C=O) groups excluding carboxylic acids is 1. The van der Waals surface area contributed by atoms with E-state index in [1.807, 2.05) is 0 Å². The van der Waals surface area contributed by atoms with Gasteiger partial charge in [0, 0.05) is 25.4 Å². The molecule has 4 heteroatoms. The molecule has 0 radical (unpaired) electrons. The molecule has 1 fully saturated rings. The van der Waals surface area contributed by atoms with E-state index in [2.05, 4.69) is 5.32 Å². The van der Waals surface area contributed by atoms with Crippen LogP contribution in [0.1, 0.15) is 12.0 Å². The number of hydrogen-bond acceptors (Lipinski definition) is 2. The Morgan fingerprint density at radius 2 is 2.19 bits per heavy atom. The van der Waals surface area contributed by atoms with Crippen LogP contribution >= 0.6 is 0 Å². The number of piperidine rings is 1. The molecule has 0 aliphatic carbocycles. The molecule has 0 saturated carbocycles. The van der Waals surface area contributed by atoms with Crippen LogP contribution < -0.4 is 5.32 Å². The number of Topliss-reactive ketones (excluding diaryl/α,β-unsaturated/α-hetero) is 1. The lowest BCUT2D eigenvalue weighted by Gasteiger charge is -2.21. The fraction of sp³-hybridized carbons (Fsp3) is 0.417. The van der Waals surface area contributed by atoms with Crippen LogP contribution in [0.5, 0.6) is 0 Å². The molecule has 0 amide bonds. The molecule has 1 aliphatic rings. The van der Waals surface area contributed by atoms with Crippen molar-refractivity contribution in [2.45, 2.75) is 12.8 Å². The third-order valence-corrected chi connectivity index (χ3v) is 2.87. The van der Waals surface area contributed by atoms with E-state index in [0.717, 1.165) is 18.2 Å².